The zero-order chi connectivity index (χ0) is 19.7. The monoisotopic (exact) mass is 352 g/mol. The molecule has 0 aliphatic heterocycles. The Morgan fingerprint density at radius 3 is 1.08 bits per heavy atom. The largest absolute Gasteiger partial charge is 0.479 e. The van der Waals surface area contributed by atoms with Crippen molar-refractivity contribution in [2.75, 3.05) is 0 Å². The van der Waals surface area contributed by atoms with Crippen LogP contribution in [0.25, 0.3) is 0 Å². The van der Waals surface area contributed by atoms with Crippen molar-refractivity contribution in [3.63, 3.8) is 0 Å². The van der Waals surface area contributed by atoms with Gasteiger partial charge in [-0.2, -0.15) is 0 Å². The molecule has 0 fully saturated rings. The molecule has 10 nitrogen and oxygen atoms in total. The molecule has 0 aromatic heterocycles. The van der Waals surface area contributed by atoms with Crippen LogP contribution in [0, 0.1) is 0 Å². The van der Waals surface area contributed by atoms with Crippen LogP contribution in [-0.2, 0) is 19.2 Å². The van der Waals surface area contributed by atoms with E-state index in [-0.39, 0.29) is 11.8 Å². The highest BCUT2D eigenvalue weighted by Crippen LogP contribution is 1.92. The summed E-state index contributed by atoms with van der Waals surface area (Å²) in [5.41, 5.74) is 9.68. The van der Waals surface area contributed by atoms with Crippen molar-refractivity contribution >= 4 is 23.8 Å². The van der Waals surface area contributed by atoms with E-state index >= 15 is 0 Å². The van der Waals surface area contributed by atoms with Gasteiger partial charge in [0.2, 0.25) is 11.8 Å². The number of hydrogen-bond acceptors (Lipinski definition) is 6. The van der Waals surface area contributed by atoms with Gasteiger partial charge in [0.05, 0.1) is 0 Å². The molecular weight excluding hydrogens is 324 g/mol. The third kappa shape index (κ3) is 22.1. The van der Waals surface area contributed by atoms with Crippen molar-refractivity contribution < 1.29 is 39.6 Å². The van der Waals surface area contributed by atoms with Gasteiger partial charge in [-0.3, -0.25) is 9.59 Å². The first kappa shape index (κ1) is 26.7. The zero-order valence-corrected chi connectivity index (χ0v) is 14.0. The van der Waals surface area contributed by atoms with Crippen LogP contribution in [0.3, 0.4) is 0 Å². The van der Waals surface area contributed by atoms with Crippen LogP contribution in [-0.4, -0.2) is 56.4 Å². The van der Waals surface area contributed by atoms with Gasteiger partial charge in [0.25, 0.3) is 0 Å². The van der Waals surface area contributed by atoms with E-state index in [2.05, 4.69) is 0 Å². The van der Waals surface area contributed by atoms with E-state index in [1.165, 1.54) is 0 Å². The molecule has 10 heteroatoms. The molecule has 0 saturated heterocycles. The maximum Gasteiger partial charge on any atom is 0.335 e. The first-order chi connectivity index (χ1) is 11.0. The summed E-state index contributed by atoms with van der Waals surface area (Å²) in [6.45, 7) is 4.06. The first-order valence-electron chi connectivity index (χ1n) is 7.39. The molecule has 2 unspecified atom stereocenters. The number of aliphatic hydroxyl groups excluding tert-OH is 2. The molecule has 24 heavy (non-hydrogen) atoms. The summed E-state index contributed by atoms with van der Waals surface area (Å²) in [6.07, 6.45) is 0.485. The van der Waals surface area contributed by atoms with Gasteiger partial charge < -0.3 is 31.9 Å². The minimum Gasteiger partial charge on any atom is -0.479 e. The van der Waals surface area contributed by atoms with Gasteiger partial charge in [-0.1, -0.05) is 26.7 Å². The number of rotatable bonds is 9. The second-order valence-electron chi connectivity index (χ2n) is 4.71. The highest BCUT2D eigenvalue weighted by molar-refractivity contribution is 5.83. The summed E-state index contributed by atoms with van der Waals surface area (Å²) in [7, 11) is 0. The van der Waals surface area contributed by atoms with Crippen LogP contribution in [0.5, 0.6) is 0 Å². The van der Waals surface area contributed by atoms with E-state index in [0.717, 1.165) is 25.7 Å². The fraction of sp³-hybridized carbons (Fsp3) is 0.714. The number of carbonyl (C=O) groups is 4. The number of nitrogens with two attached hydrogens (primary N) is 2. The molecule has 0 heterocycles. The maximum atomic E-state index is 9.98. The molecule has 0 rings (SSSR count). The second-order valence-corrected chi connectivity index (χ2v) is 4.71. The minimum atomic E-state index is -2.27. The van der Waals surface area contributed by atoms with Crippen LogP contribution < -0.4 is 11.5 Å². The predicted molar refractivity (Wildman–Crippen MR) is 84.7 cm³/mol. The summed E-state index contributed by atoms with van der Waals surface area (Å²) in [5, 5.41) is 32.5. The molecule has 0 radical (unpaired) electrons. The topological polar surface area (TPSA) is 201 Å². The lowest BCUT2D eigenvalue weighted by Crippen LogP contribution is -2.39. The summed E-state index contributed by atoms with van der Waals surface area (Å²) < 4.78 is 0. The SMILES string of the molecule is CCCCC(N)=O.CCCCC(N)=O.O=C(O)C(O)C(O)C(=O)O. The van der Waals surface area contributed by atoms with Crippen LogP contribution in [0.1, 0.15) is 52.4 Å². The Balaban J connectivity index is -0.000000283. The molecule has 8 N–H and O–H groups in total. The fourth-order valence-electron chi connectivity index (χ4n) is 0.972. The molecule has 0 aromatic carbocycles. The summed E-state index contributed by atoms with van der Waals surface area (Å²) in [4.78, 5) is 39.5. The van der Waals surface area contributed by atoms with Crippen LogP contribution in [0.15, 0.2) is 0 Å². The van der Waals surface area contributed by atoms with Crippen LogP contribution >= 0.6 is 0 Å². The van der Waals surface area contributed by atoms with Crippen molar-refractivity contribution in [1.29, 1.82) is 0 Å². The number of carboxylic acids is 2. The van der Waals surface area contributed by atoms with Crippen molar-refractivity contribution in [3.8, 4) is 0 Å². The lowest BCUT2D eigenvalue weighted by molar-refractivity contribution is -0.165. The van der Waals surface area contributed by atoms with E-state index in [0.29, 0.717) is 12.8 Å². The Bertz CT molecular complexity index is 351. The Hall–Kier alpha value is -2.20. The number of carbonyl (C=O) groups excluding carboxylic acids is 2. The number of aliphatic carboxylic acids is 2. The van der Waals surface area contributed by atoms with Crippen LogP contribution in [0.4, 0.5) is 0 Å². The van der Waals surface area contributed by atoms with E-state index < -0.39 is 24.1 Å². The van der Waals surface area contributed by atoms with Crippen molar-refractivity contribution in [1.82, 2.24) is 0 Å². The quantitative estimate of drug-likeness (QED) is 0.309. The predicted octanol–water partition coefficient (Wildman–Crippen LogP) is -0.799. The number of hydrogen-bond donors (Lipinski definition) is 6. The fourth-order valence-corrected chi connectivity index (χ4v) is 0.972. The first-order valence-corrected chi connectivity index (χ1v) is 7.39. The van der Waals surface area contributed by atoms with Gasteiger partial charge in [-0.15, -0.1) is 0 Å². The number of amides is 2. The third-order valence-electron chi connectivity index (χ3n) is 2.36. The lowest BCUT2D eigenvalue weighted by atomic mass is 10.2. The van der Waals surface area contributed by atoms with E-state index in [9.17, 15) is 19.2 Å². The van der Waals surface area contributed by atoms with Gasteiger partial charge in [0.1, 0.15) is 0 Å². The summed E-state index contributed by atoms with van der Waals surface area (Å²) in [6, 6.07) is 0. The average molecular weight is 352 g/mol. The molecular formula is C14H28N2O8. The van der Waals surface area contributed by atoms with Crippen LogP contribution in [0.2, 0.25) is 0 Å². The molecule has 0 aliphatic rings. The summed E-state index contributed by atoms with van der Waals surface area (Å²) in [5.74, 6) is -3.92. The van der Waals surface area contributed by atoms with E-state index in [1.807, 2.05) is 13.8 Å². The smallest absolute Gasteiger partial charge is 0.335 e. The number of carboxylic acid groups (broad SMARTS) is 2. The standard InChI is InChI=1S/2C5H11NO.C4H6O6/c2*1-2-3-4-5(6)7;5-1(3(7)8)2(6)4(9)10/h2*2-4H2,1H3,(H2,6,7);1-2,5-6H,(H,7,8)(H,9,10). The minimum absolute atomic E-state index is 0.193. The zero-order valence-electron chi connectivity index (χ0n) is 14.0. The Kier molecular flexibility index (Phi) is 19.1. The Morgan fingerprint density at radius 1 is 0.750 bits per heavy atom. The van der Waals surface area contributed by atoms with Gasteiger partial charge >= 0.3 is 11.9 Å². The van der Waals surface area contributed by atoms with Gasteiger partial charge in [-0.25, -0.2) is 9.59 Å². The second kappa shape index (κ2) is 17.2. The highest BCUT2D eigenvalue weighted by Gasteiger charge is 2.29. The van der Waals surface area contributed by atoms with E-state index in [4.69, 9.17) is 31.9 Å². The summed E-state index contributed by atoms with van der Waals surface area (Å²) >= 11 is 0. The number of unbranched alkanes of at least 4 members (excludes halogenated alkanes) is 2. The Labute approximate surface area is 140 Å². The molecule has 142 valence electrons. The van der Waals surface area contributed by atoms with Crippen molar-refractivity contribution in [3.05, 3.63) is 0 Å². The molecule has 0 aromatic rings. The molecule has 0 saturated carbocycles. The Morgan fingerprint density at radius 2 is 1.00 bits per heavy atom. The molecule has 2 amide bonds. The van der Waals surface area contributed by atoms with E-state index in [1.54, 1.807) is 0 Å². The van der Waals surface area contributed by atoms with Gasteiger partial charge in [0, 0.05) is 12.8 Å². The van der Waals surface area contributed by atoms with Gasteiger partial charge in [-0.05, 0) is 12.8 Å². The van der Waals surface area contributed by atoms with Crippen molar-refractivity contribution in [2.24, 2.45) is 11.5 Å². The normalized spacial score (nSPS) is 11.7. The van der Waals surface area contributed by atoms with Gasteiger partial charge in [0.15, 0.2) is 12.2 Å². The van der Waals surface area contributed by atoms with Crippen molar-refractivity contribution in [2.45, 2.75) is 64.6 Å². The average Bonchev–Trinajstić information content (AvgIpc) is 2.50. The number of primary amides is 2. The molecule has 0 aliphatic carbocycles. The molecule has 0 bridgehead atoms. The maximum absolute atomic E-state index is 9.98. The highest BCUT2D eigenvalue weighted by atomic mass is 16.4. The lowest BCUT2D eigenvalue weighted by Gasteiger charge is -2.07. The number of aliphatic hydroxyl groups is 2. The molecule has 0 spiro atoms. The third-order valence-corrected chi connectivity index (χ3v) is 2.36. The molecule has 2 atom stereocenters.